The van der Waals surface area contributed by atoms with Crippen LogP contribution >= 0.6 is 11.6 Å². The van der Waals surface area contributed by atoms with Crippen molar-refractivity contribution in [1.29, 1.82) is 0 Å². The monoisotopic (exact) mass is 356 g/mol. The molecule has 0 unspecified atom stereocenters. The van der Waals surface area contributed by atoms with Gasteiger partial charge in [0.15, 0.2) is 0 Å². The standard InChI is InChI=1S/C18H17ClN4O2/c19-14-4-1-3-12(9-14)17-21-18(25-22-17)13-6-7-16(20-10-13)23-8-2-5-15(23)11-24/h1,3-4,6-7,9-10,15,24H,2,5,8,11H2/t15-/m0/s1. The molecule has 1 aliphatic rings. The summed E-state index contributed by atoms with van der Waals surface area (Å²) in [4.78, 5) is 11.1. The Hall–Kier alpha value is -2.44. The highest BCUT2D eigenvalue weighted by Crippen LogP contribution is 2.27. The molecule has 1 aliphatic heterocycles. The van der Waals surface area contributed by atoms with Gasteiger partial charge in [0.25, 0.3) is 5.89 Å². The molecule has 1 atom stereocenters. The summed E-state index contributed by atoms with van der Waals surface area (Å²) in [5.41, 5.74) is 1.55. The molecule has 0 amide bonds. The number of aromatic nitrogens is 3. The Morgan fingerprint density at radius 2 is 2.16 bits per heavy atom. The highest BCUT2D eigenvalue weighted by atomic mass is 35.5. The zero-order valence-electron chi connectivity index (χ0n) is 13.5. The number of hydrogen-bond acceptors (Lipinski definition) is 6. The number of halogens is 1. The van der Waals surface area contributed by atoms with E-state index < -0.39 is 0 Å². The smallest absolute Gasteiger partial charge is 0.259 e. The van der Waals surface area contributed by atoms with E-state index >= 15 is 0 Å². The van der Waals surface area contributed by atoms with Crippen LogP contribution in [0.1, 0.15) is 12.8 Å². The fourth-order valence-electron chi connectivity index (χ4n) is 3.10. The maximum Gasteiger partial charge on any atom is 0.259 e. The lowest BCUT2D eigenvalue weighted by Gasteiger charge is -2.23. The lowest BCUT2D eigenvalue weighted by Crippen LogP contribution is -2.32. The van der Waals surface area contributed by atoms with Gasteiger partial charge >= 0.3 is 0 Å². The SMILES string of the molecule is OC[C@@H]1CCCN1c1ccc(-c2nc(-c3cccc(Cl)c3)no2)cn1. The quantitative estimate of drug-likeness (QED) is 0.772. The number of aliphatic hydroxyl groups is 1. The molecule has 4 rings (SSSR count). The first-order chi connectivity index (χ1) is 12.2. The van der Waals surface area contributed by atoms with Crippen molar-refractivity contribution in [2.75, 3.05) is 18.1 Å². The average Bonchev–Trinajstić information content (AvgIpc) is 3.31. The molecule has 1 fully saturated rings. The van der Waals surface area contributed by atoms with Crippen molar-refractivity contribution in [2.24, 2.45) is 0 Å². The van der Waals surface area contributed by atoms with Gasteiger partial charge in [-0.15, -0.1) is 0 Å². The molecule has 6 nitrogen and oxygen atoms in total. The van der Waals surface area contributed by atoms with Crippen LogP contribution in [0.2, 0.25) is 5.02 Å². The van der Waals surface area contributed by atoms with Crippen LogP contribution < -0.4 is 4.90 Å². The average molecular weight is 357 g/mol. The van der Waals surface area contributed by atoms with Crippen LogP contribution in [0.15, 0.2) is 47.1 Å². The molecule has 25 heavy (non-hydrogen) atoms. The maximum atomic E-state index is 9.45. The van der Waals surface area contributed by atoms with Crippen molar-refractivity contribution in [2.45, 2.75) is 18.9 Å². The molecule has 0 spiro atoms. The van der Waals surface area contributed by atoms with Crippen LogP contribution in [0.4, 0.5) is 5.82 Å². The van der Waals surface area contributed by atoms with Crippen molar-refractivity contribution in [1.82, 2.24) is 15.1 Å². The van der Waals surface area contributed by atoms with E-state index in [0.29, 0.717) is 16.7 Å². The number of anilines is 1. The normalized spacial score (nSPS) is 17.2. The number of hydrogen-bond donors (Lipinski definition) is 1. The Morgan fingerprint density at radius 1 is 1.24 bits per heavy atom. The van der Waals surface area contributed by atoms with Gasteiger partial charge in [0, 0.05) is 23.3 Å². The minimum atomic E-state index is 0.149. The Morgan fingerprint density at radius 3 is 2.92 bits per heavy atom. The molecule has 0 bridgehead atoms. The van der Waals surface area contributed by atoms with Gasteiger partial charge in [0.05, 0.1) is 18.2 Å². The summed E-state index contributed by atoms with van der Waals surface area (Å²) >= 11 is 6.00. The van der Waals surface area contributed by atoms with Gasteiger partial charge in [-0.2, -0.15) is 4.98 Å². The van der Waals surface area contributed by atoms with E-state index in [0.717, 1.165) is 36.3 Å². The molecule has 128 valence electrons. The van der Waals surface area contributed by atoms with Gasteiger partial charge in [-0.1, -0.05) is 28.9 Å². The summed E-state index contributed by atoms with van der Waals surface area (Å²) in [5, 5.41) is 14.1. The minimum Gasteiger partial charge on any atom is -0.394 e. The first-order valence-corrected chi connectivity index (χ1v) is 8.56. The molecular formula is C18H17ClN4O2. The predicted octanol–water partition coefficient (Wildman–Crippen LogP) is 3.41. The molecule has 3 aromatic rings. The van der Waals surface area contributed by atoms with Gasteiger partial charge in [0.2, 0.25) is 5.82 Å². The first kappa shape index (κ1) is 16.1. The highest BCUT2D eigenvalue weighted by molar-refractivity contribution is 6.30. The summed E-state index contributed by atoms with van der Waals surface area (Å²) in [5.74, 6) is 1.76. The summed E-state index contributed by atoms with van der Waals surface area (Å²) in [6, 6.07) is 11.3. The van der Waals surface area contributed by atoms with Crippen molar-refractivity contribution in [3.8, 4) is 22.8 Å². The van der Waals surface area contributed by atoms with Crippen LogP contribution in [-0.4, -0.2) is 39.4 Å². The fraction of sp³-hybridized carbons (Fsp3) is 0.278. The van der Waals surface area contributed by atoms with Crippen molar-refractivity contribution >= 4 is 17.4 Å². The van der Waals surface area contributed by atoms with Crippen LogP contribution in [-0.2, 0) is 0 Å². The Kier molecular flexibility index (Phi) is 4.38. The van der Waals surface area contributed by atoms with E-state index in [4.69, 9.17) is 16.1 Å². The predicted molar refractivity (Wildman–Crippen MR) is 95.4 cm³/mol. The number of benzene rings is 1. The summed E-state index contributed by atoms with van der Waals surface area (Å²) in [7, 11) is 0. The zero-order valence-corrected chi connectivity index (χ0v) is 14.2. The van der Waals surface area contributed by atoms with E-state index in [-0.39, 0.29) is 12.6 Å². The molecule has 0 aliphatic carbocycles. The second kappa shape index (κ2) is 6.82. The zero-order chi connectivity index (χ0) is 17.2. The highest BCUT2D eigenvalue weighted by Gasteiger charge is 2.24. The second-order valence-corrected chi connectivity index (χ2v) is 6.45. The largest absolute Gasteiger partial charge is 0.394 e. The van der Waals surface area contributed by atoms with Crippen LogP contribution in [0.25, 0.3) is 22.8 Å². The lowest BCUT2D eigenvalue weighted by molar-refractivity contribution is 0.266. The van der Waals surface area contributed by atoms with E-state index in [2.05, 4.69) is 20.0 Å². The second-order valence-electron chi connectivity index (χ2n) is 6.01. The fourth-order valence-corrected chi connectivity index (χ4v) is 3.29. The van der Waals surface area contributed by atoms with Gasteiger partial charge in [0.1, 0.15) is 5.82 Å². The van der Waals surface area contributed by atoms with Gasteiger partial charge < -0.3 is 14.5 Å². The molecule has 0 radical (unpaired) electrons. The van der Waals surface area contributed by atoms with E-state index in [1.165, 1.54) is 0 Å². The van der Waals surface area contributed by atoms with Gasteiger partial charge in [-0.3, -0.25) is 0 Å². The van der Waals surface area contributed by atoms with Gasteiger partial charge in [-0.05, 0) is 37.1 Å². The summed E-state index contributed by atoms with van der Waals surface area (Å²) < 4.78 is 5.35. The number of nitrogens with zero attached hydrogens (tertiary/aromatic N) is 4. The molecule has 3 heterocycles. The third-order valence-corrected chi connectivity index (χ3v) is 4.62. The lowest BCUT2D eigenvalue weighted by atomic mass is 10.2. The number of pyridine rings is 1. The molecule has 2 aromatic heterocycles. The third kappa shape index (κ3) is 3.23. The van der Waals surface area contributed by atoms with E-state index in [1.54, 1.807) is 18.3 Å². The Balaban J connectivity index is 1.57. The Labute approximate surface area is 150 Å². The third-order valence-electron chi connectivity index (χ3n) is 4.39. The minimum absolute atomic E-state index is 0.149. The summed E-state index contributed by atoms with van der Waals surface area (Å²) in [6.45, 7) is 1.06. The molecule has 1 saturated heterocycles. The molecule has 7 heteroatoms. The Bertz CT molecular complexity index is 866. The molecular weight excluding hydrogens is 340 g/mol. The maximum absolute atomic E-state index is 9.45. The van der Waals surface area contributed by atoms with Crippen molar-refractivity contribution in [3.05, 3.63) is 47.6 Å². The van der Waals surface area contributed by atoms with Crippen LogP contribution in [0, 0.1) is 0 Å². The molecule has 1 aromatic carbocycles. The first-order valence-electron chi connectivity index (χ1n) is 8.18. The van der Waals surface area contributed by atoms with Crippen LogP contribution in [0.5, 0.6) is 0 Å². The van der Waals surface area contributed by atoms with Crippen molar-refractivity contribution in [3.63, 3.8) is 0 Å². The molecule has 0 saturated carbocycles. The molecule has 1 N–H and O–H groups in total. The van der Waals surface area contributed by atoms with Crippen LogP contribution in [0.3, 0.4) is 0 Å². The van der Waals surface area contributed by atoms with Gasteiger partial charge in [-0.25, -0.2) is 4.98 Å². The van der Waals surface area contributed by atoms with E-state index in [9.17, 15) is 5.11 Å². The topological polar surface area (TPSA) is 75.3 Å². The summed E-state index contributed by atoms with van der Waals surface area (Å²) in [6.07, 6.45) is 3.78. The van der Waals surface area contributed by atoms with Crippen molar-refractivity contribution < 1.29 is 9.63 Å². The number of aliphatic hydroxyl groups excluding tert-OH is 1. The van der Waals surface area contributed by atoms with E-state index in [1.807, 2.05) is 24.3 Å². The number of rotatable bonds is 4.